The number of para-hydroxylation sites is 4. The smallest absolute Gasteiger partial charge is 0.270 e. The molecule has 0 radical (unpaired) electrons. The maximum absolute atomic E-state index is 16.5. The first-order chi connectivity index (χ1) is 28.4. The maximum atomic E-state index is 16.5. The topological polar surface area (TPSA) is 142 Å². The van der Waals surface area contributed by atoms with Gasteiger partial charge in [0.2, 0.25) is 0 Å². The van der Waals surface area contributed by atoms with Crippen molar-refractivity contribution in [2.75, 3.05) is 18.7 Å². The van der Waals surface area contributed by atoms with E-state index in [9.17, 15) is 21.0 Å². The van der Waals surface area contributed by atoms with Crippen LogP contribution in [-0.4, -0.2) is 0 Å². The quantitative estimate of drug-likeness (QED) is 0.149. The van der Waals surface area contributed by atoms with Crippen LogP contribution in [0, 0.1) is 45.3 Å². The molecular weight excluding hydrogens is 759 g/mol. The lowest BCUT2D eigenvalue weighted by atomic mass is 10.1. The number of benzene rings is 7. The molecule has 274 valence electrons. The fourth-order valence-electron chi connectivity index (χ4n) is 7.73. The average molecular weight is 787 g/mol. The van der Waals surface area contributed by atoms with Crippen LogP contribution in [0.1, 0.15) is 22.3 Å². The van der Waals surface area contributed by atoms with Crippen molar-refractivity contribution in [3.05, 3.63) is 192 Å². The average Bonchev–Trinajstić information content (AvgIpc) is 3.70. The molecule has 0 fully saturated rings. The highest BCUT2D eigenvalue weighted by Crippen LogP contribution is 2.72. The Hall–Kier alpha value is -7.84. The van der Waals surface area contributed by atoms with Gasteiger partial charge in [0.25, 0.3) is 0 Å². The van der Waals surface area contributed by atoms with E-state index in [1.54, 1.807) is 67.2 Å². The number of fused-ring (bicyclic) bond motifs is 2. The summed E-state index contributed by atoms with van der Waals surface area (Å²) >= 11 is 0. The van der Waals surface area contributed by atoms with Gasteiger partial charge in [-0.25, -0.2) is 0 Å². The monoisotopic (exact) mass is 786 g/mol. The standard InChI is InChI=1S/C46H28N8O2P2/c47-29-33-25-43-44(26-34(33)30-48)52(38-15-7-2-8-16-38)57(55,51(43)37-13-5-1-6-14-37)41-21-23-42(24-22-41)58(56)53(39-17-9-3-10-18-39)45-27-35(31-49)36(32-50)28-46(45)54(58)40-19-11-4-12-20-40/h1-28H. The Morgan fingerprint density at radius 1 is 0.328 bits per heavy atom. The molecule has 10 nitrogen and oxygen atoms in total. The molecule has 0 bridgehead atoms. The highest BCUT2D eigenvalue weighted by Gasteiger charge is 2.52. The van der Waals surface area contributed by atoms with Crippen molar-refractivity contribution < 1.29 is 9.13 Å². The summed E-state index contributed by atoms with van der Waals surface area (Å²) in [6.07, 6.45) is 0. The summed E-state index contributed by atoms with van der Waals surface area (Å²) in [6.45, 7) is 0. The lowest BCUT2D eigenvalue weighted by Gasteiger charge is -2.35. The van der Waals surface area contributed by atoms with Crippen LogP contribution in [0.5, 0.6) is 0 Å². The molecule has 0 aliphatic carbocycles. The minimum Gasteiger partial charge on any atom is -0.270 e. The Bertz CT molecular complexity index is 2640. The fraction of sp³-hybridized carbons (Fsp3) is 0. The third-order valence-electron chi connectivity index (χ3n) is 10.2. The molecule has 7 aromatic carbocycles. The second kappa shape index (κ2) is 14.0. The van der Waals surface area contributed by atoms with Gasteiger partial charge < -0.3 is 0 Å². The van der Waals surface area contributed by atoms with E-state index in [0.717, 1.165) is 0 Å². The number of hydrogen-bond donors (Lipinski definition) is 0. The normalized spacial score (nSPS) is 14.4. The zero-order valence-corrected chi connectivity index (χ0v) is 32.2. The highest BCUT2D eigenvalue weighted by molar-refractivity contribution is 7.76. The molecule has 2 aliphatic rings. The minimum absolute atomic E-state index is 0.152. The molecule has 2 heterocycles. The Morgan fingerprint density at radius 3 is 0.724 bits per heavy atom. The van der Waals surface area contributed by atoms with E-state index in [1.807, 2.05) is 121 Å². The van der Waals surface area contributed by atoms with Gasteiger partial charge in [-0.3, -0.25) is 27.8 Å². The Labute approximate surface area is 335 Å². The fourth-order valence-corrected chi connectivity index (χ4v) is 13.7. The second-order valence-corrected chi connectivity index (χ2v) is 18.2. The molecule has 0 atom stereocenters. The van der Waals surface area contributed by atoms with Crippen LogP contribution in [0.4, 0.5) is 45.5 Å². The second-order valence-electron chi connectivity index (χ2n) is 13.4. The zero-order valence-electron chi connectivity index (χ0n) is 30.5. The molecular formula is C46H28N8O2P2. The van der Waals surface area contributed by atoms with E-state index < -0.39 is 14.9 Å². The predicted octanol–water partition coefficient (Wildman–Crippen LogP) is 10.8. The molecule has 0 saturated carbocycles. The van der Waals surface area contributed by atoms with Crippen molar-refractivity contribution in [1.82, 2.24) is 0 Å². The van der Waals surface area contributed by atoms with Gasteiger partial charge in [0.1, 0.15) is 24.3 Å². The van der Waals surface area contributed by atoms with Crippen molar-refractivity contribution in [1.29, 1.82) is 21.0 Å². The first-order valence-electron chi connectivity index (χ1n) is 18.1. The van der Waals surface area contributed by atoms with E-state index in [-0.39, 0.29) is 22.3 Å². The van der Waals surface area contributed by atoms with Gasteiger partial charge in [-0.2, -0.15) is 21.0 Å². The summed E-state index contributed by atoms with van der Waals surface area (Å²) in [6, 6.07) is 58.9. The summed E-state index contributed by atoms with van der Waals surface area (Å²) in [5, 5.41) is 41.2. The Balaban J connectivity index is 1.29. The molecule has 12 heteroatoms. The molecule has 0 aromatic heterocycles. The first kappa shape index (κ1) is 35.8. The van der Waals surface area contributed by atoms with E-state index in [1.165, 1.54) is 0 Å². The van der Waals surface area contributed by atoms with Gasteiger partial charge in [0, 0.05) is 22.7 Å². The summed E-state index contributed by atoms with van der Waals surface area (Å²) in [5.74, 6) is 0. The summed E-state index contributed by atoms with van der Waals surface area (Å²) in [5.41, 5.74) is 4.99. The molecule has 0 saturated heterocycles. The summed E-state index contributed by atoms with van der Waals surface area (Å²) < 4.78 is 39.9. The van der Waals surface area contributed by atoms with Crippen LogP contribution in [0.25, 0.3) is 0 Å². The Morgan fingerprint density at radius 2 is 0.534 bits per heavy atom. The van der Waals surface area contributed by atoms with Crippen LogP contribution in [-0.2, 0) is 9.13 Å². The van der Waals surface area contributed by atoms with Gasteiger partial charge in [0.15, 0.2) is 0 Å². The lowest BCUT2D eigenvalue weighted by molar-refractivity contribution is 0.581. The zero-order chi connectivity index (χ0) is 40.0. The van der Waals surface area contributed by atoms with Crippen LogP contribution >= 0.6 is 14.9 Å². The van der Waals surface area contributed by atoms with E-state index in [4.69, 9.17) is 0 Å². The van der Waals surface area contributed by atoms with Crippen LogP contribution in [0.15, 0.2) is 170 Å². The van der Waals surface area contributed by atoms with Crippen molar-refractivity contribution in [2.24, 2.45) is 0 Å². The van der Waals surface area contributed by atoms with E-state index in [0.29, 0.717) is 56.1 Å². The molecule has 7 aromatic rings. The molecule has 2 aliphatic heterocycles. The molecule has 58 heavy (non-hydrogen) atoms. The lowest BCUT2D eigenvalue weighted by Crippen LogP contribution is -2.29. The minimum atomic E-state index is -3.97. The van der Waals surface area contributed by atoms with E-state index in [2.05, 4.69) is 24.3 Å². The van der Waals surface area contributed by atoms with Gasteiger partial charge >= 0.3 is 14.9 Å². The number of nitriles is 4. The predicted molar refractivity (Wildman–Crippen MR) is 227 cm³/mol. The SMILES string of the molecule is N#Cc1cc2c(cc1C#N)N(c1ccccc1)P(=O)(c1ccc(P3(=O)N(c4ccccc4)c4cc(C#N)c(C#N)cc4N3c3ccccc3)cc1)N2c1ccccc1. The third kappa shape index (κ3) is 5.30. The highest BCUT2D eigenvalue weighted by atomic mass is 31.2. The van der Waals surface area contributed by atoms with Gasteiger partial charge in [-0.05, 0) is 97.1 Å². The molecule has 0 unspecified atom stereocenters. The Kier molecular flexibility index (Phi) is 8.67. The summed E-state index contributed by atoms with van der Waals surface area (Å²) in [7, 11) is -7.94. The van der Waals surface area contributed by atoms with E-state index >= 15 is 9.13 Å². The third-order valence-corrected chi connectivity index (χ3v) is 16.1. The summed E-state index contributed by atoms with van der Waals surface area (Å²) in [4.78, 5) is 0. The van der Waals surface area contributed by atoms with Crippen LogP contribution in [0.3, 0.4) is 0 Å². The van der Waals surface area contributed by atoms with Gasteiger partial charge in [-0.15, -0.1) is 0 Å². The van der Waals surface area contributed by atoms with Crippen molar-refractivity contribution in [3.63, 3.8) is 0 Å². The van der Waals surface area contributed by atoms with Crippen molar-refractivity contribution in [2.45, 2.75) is 0 Å². The van der Waals surface area contributed by atoms with Crippen LogP contribution < -0.4 is 29.3 Å². The van der Waals surface area contributed by atoms with Crippen molar-refractivity contribution >= 4 is 71.0 Å². The number of rotatable bonds is 6. The number of nitrogens with zero attached hydrogens (tertiary/aromatic N) is 8. The van der Waals surface area contributed by atoms with Gasteiger partial charge in [0.05, 0.1) is 55.6 Å². The van der Waals surface area contributed by atoms with Crippen molar-refractivity contribution in [3.8, 4) is 24.3 Å². The molecule has 0 N–H and O–H groups in total. The molecule has 9 rings (SSSR count). The number of anilines is 8. The maximum Gasteiger partial charge on any atom is 0.301 e. The molecule has 0 amide bonds. The van der Waals surface area contributed by atoms with Gasteiger partial charge in [-0.1, -0.05) is 72.8 Å². The van der Waals surface area contributed by atoms with Crippen LogP contribution in [0.2, 0.25) is 0 Å². The molecule has 0 spiro atoms. The largest absolute Gasteiger partial charge is 0.301 e. The first-order valence-corrected chi connectivity index (χ1v) is 21.3. The number of hydrogen-bond acceptors (Lipinski definition) is 6.